The molecule has 3 rings (SSSR count). The van der Waals surface area contributed by atoms with E-state index in [2.05, 4.69) is 24.1 Å². The number of methoxy groups -OCH3 is 1. The molecule has 0 spiro atoms. The molecule has 2 aromatic rings. The Hall–Kier alpha value is -3.03. The zero-order valence-corrected chi connectivity index (χ0v) is 19.0. The fraction of sp³-hybridized carbons (Fsp3) is 0.522. The van der Waals surface area contributed by atoms with Crippen molar-refractivity contribution in [1.29, 1.82) is 0 Å². The van der Waals surface area contributed by atoms with Gasteiger partial charge in [-0.15, -0.1) is 0 Å². The highest BCUT2D eigenvalue weighted by molar-refractivity contribution is 5.97. The molecule has 1 fully saturated rings. The summed E-state index contributed by atoms with van der Waals surface area (Å²) in [5.74, 6) is 1.16. The first-order chi connectivity index (χ1) is 14.6. The van der Waals surface area contributed by atoms with E-state index < -0.39 is 17.7 Å². The molecule has 2 amide bonds. The molecule has 1 aromatic carbocycles. The van der Waals surface area contributed by atoms with Gasteiger partial charge in [0.2, 0.25) is 5.91 Å². The Morgan fingerprint density at radius 1 is 1.29 bits per heavy atom. The van der Waals surface area contributed by atoms with Crippen LogP contribution in [0.1, 0.15) is 41.0 Å². The van der Waals surface area contributed by atoms with Gasteiger partial charge in [0, 0.05) is 18.3 Å². The Morgan fingerprint density at radius 2 is 2.03 bits per heavy atom. The lowest BCUT2D eigenvalue weighted by atomic mass is 9.88. The van der Waals surface area contributed by atoms with E-state index in [0.29, 0.717) is 23.7 Å². The predicted octanol–water partition coefficient (Wildman–Crippen LogP) is 4.57. The second-order valence-corrected chi connectivity index (χ2v) is 9.09. The van der Waals surface area contributed by atoms with E-state index in [1.54, 1.807) is 36.4 Å². The summed E-state index contributed by atoms with van der Waals surface area (Å²) in [4.78, 5) is 31.5. The lowest BCUT2D eigenvalue weighted by Crippen LogP contribution is -2.48. The molecule has 168 valence electrons. The first-order valence-corrected chi connectivity index (χ1v) is 10.5. The van der Waals surface area contributed by atoms with Crippen LogP contribution in [-0.4, -0.2) is 47.2 Å². The molecule has 31 heavy (non-hydrogen) atoms. The number of rotatable bonds is 5. The van der Waals surface area contributed by atoms with Crippen LogP contribution < -0.4 is 10.1 Å². The average molecular weight is 430 g/mol. The van der Waals surface area contributed by atoms with Crippen LogP contribution in [0.3, 0.4) is 0 Å². The number of benzene rings is 1. The van der Waals surface area contributed by atoms with Crippen LogP contribution in [0.4, 0.5) is 10.5 Å². The molecule has 1 aromatic heterocycles. The van der Waals surface area contributed by atoms with Crippen molar-refractivity contribution in [2.75, 3.05) is 19.0 Å². The standard InChI is InChI=1S/C23H31N3O5/c1-14(2)16-9-10-26(22(28)31-23(3,4)5)20(16)21(27)25-15-7-8-17(18(11-15)29-6)19-12-24-13-30-19/h7-8,11-14,16,20H,9-10H2,1-6H3,(H,25,27). The minimum absolute atomic E-state index is 0.0443. The van der Waals surface area contributed by atoms with Crippen LogP contribution in [-0.2, 0) is 9.53 Å². The van der Waals surface area contributed by atoms with Crippen molar-refractivity contribution in [1.82, 2.24) is 9.88 Å². The number of carbonyl (C=O) groups is 2. The third-order valence-corrected chi connectivity index (χ3v) is 5.36. The van der Waals surface area contributed by atoms with E-state index in [1.807, 2.05) is 20.8 Å². The van der Waals surface area contributed by atoms with Crippen molar-refractivity contribution < 1.29 is 23.5 Å². The van der Waals surface area contributed by atoms with Gasteiger partial charge in [0.1, 0.15) is 17.4 Å². The van der Waals surface area contributed by atoms with E-state index in [4.69, 9.17) is 13.9 Å². The maximum atomic E-state index is 13.3. The van der Waals surface area contributed by atoms with Gasteiger partial charge in [-0.2, -0.15) is 0 Å². The van der Waals surface area contributed by atoms with E-state index in [-0.39, 0.29) is 17.7 Å². The van der Waals surface area contributed by atoms with E-state index >= 15 is 0 Å². The van der Waals surface area contributed by atoms with Crippen LogP contribution in [0.15, 0.2) is 35.2 Å². The van der Waals surface area contributed by atoms with Crippen molar-refractivity contribution >= 4 is 17.7 Å². The summed E-state index contributed by atoms with van der Waals surface area (Å²) in [6.07, 6.45) is 3.24. The molecule has 1 N–H and O–H groups in total. The van der Waals surface area contributed by atoms with Crippen molar-refractivity contribution in [3.05, 3.63) is 30.8 Å². The van der Waals surface area contributed by atoms with Crippen LogP contribution in [0, 0.1) is 11.8 Å². The van der Waals surface area contributed by atoms with E-state index in [9.17, 15) is 9.59 Å². The second kappa shape index (κ2) is 8.99. The van der Waals surface area contributed by atoms with Gasteiger partial charge < -0.3 is 19.2 Å². The zero-order chi connectivity index (χ0) is 22.8. The molecule has 0 bridgehead atoms. The Labute approximate surface area is 182 Å². The van der Waals surface area contributed by atoms with Gasteiger partial charge in [-0.05, 0) is 51.2 Å². The molecular formula is C23H31N3O5. The van der Waals surface area contributed by atoms with Crippen LogP contribution in [0.25, 0.3) is 11.3 Å². The molecule has 0 aliphatic carbocycles. The third-order valence-electron chi connectivity index (χ3n) is 5.36. The highest BCUT2D eigenvalue weighted by Gasteiger charge is 2.44. The van der Waals surface area contributed by atoms with Gasteiger partial charge in [0.15, 0.2) is 12.2 Å². The van der Waals surface area contributed by atoms with Gasteiger partial charge in [-0.1, -0.05) is 13.8 Å². The van der Waals surface area contributed by atoms with Crippen molar-refractivity contribution in [3.8, 4) is 17.1 Å². The van der Waals surface area contributed by atoms with Crippen molar-refractivity contribution in [2.24, 2.45) is 11.8 Å². The molecule has 8 nitrogen and oxygen atoms in total. The number of anilines is 1. The molecule has 0 saturated carbocycles. The van der Waals surface area contributed by atoms with Crippen LogP contribution in [0.2, 0.25) is 0 Å². The summed E-state index contributed by atoms with van der Waals surface area (Å²) in [7, 11) is 1.55. The number of ether oxygens (including phenoxy) is 2. The van der Waals surface area contributed by atoms with Crippen molar-refractivity contribution in [3.63, 3.8) is 0 Å². The Morgan fingerprint density at radius 3 is 2.61 bits per heavy atom. The molecule has 1 aliphatic rings. The minimum atomic E-state index is -0.627. The monoisotopic (exact) mass is 429 g/mol. The molecule has 2 heterocycles. The maximum absolute atomic E-state index is 13.3. The maximum Gasteiger partial charge on any atom is 0.410 e. The first-order valence-electron chi connectivity index (χ1n) is 10.5. The largest absolute Gasteiger partial charge is 0.496 e. The molecule has 1 aliphatic heterocycles. The minimum Gasteiger partial charge on any atom is -0.496 e. The number of amides is 2. The predicted molar refractivity (Wildman–Crippen MR) is 117 cm³/mol. The summed E-state index contributed by atoms with van der Waals surface area (Å²) in [6, 6.07) is 4.70. The highest BCUT2D eigenvalue weighted by atomic mass is 16.6. The molecule has 2 atom stereocenters. The van der Waals surface area contributed by atoms with Gasteiger partial charge in [0.05, 0.1) is 18.9 Å². The van der Waals surface area contributed by atoms with E-state index in [0.717, 1.165) is 12.0 Å². The number of carbonyl (C=O) groups excluding carboxylic acids is 2. The summed E-state index contributed by atoms with van der Waals surface area (Å²) in [6.45, 7) is 10.1. The molecule has 2 unspecified atom stereocenters. The number of nitrogens with one attached hydrogen (secondary N) is 1. The van der Waals surface area contributed by atoms with Gasteiger partial charge in [0.25, 0.3) is 0 Å². The lowest BCUT2D eigenvalue weighted by molar-refractivity contribution is -0.121. The SMILES string of the molecule is COc1cc(NC(=O)C2C(C(C)C)CCN2C(=O)OC(C)(C)C)ccc1-c1cnco1. The van der Waals surface area contributed by atoms with Crippen LogP contribution in [0.5, 0.6) is 5.75 Å². The van der Waals surface area contributed by atoms with Gasteiger partial charge in [-0.25, -0.2) is 9.78 Å². The second-order valence-electron chi connectivity index (χ2n) is 9.09. The number of hydrogen-bond acceptors (Lipinski definition) is 6. The molecular weight excluding hydrogens is 398 g/mol. The quantitative estimate of drug-likeness (QED) is 0.748. The van der Waals surface area contributed by atoms with Crippen LogP contribution >= 0.6 is 0 Å². The first kappa shape index (κ1) is 22.7. The summed E-state index contributed by atoms with van der Waals surface area (Å²) in [5, 5.41) is 2.95. The van der Waals surface area contributed by atoms with Gasteiger partial charge in [-0.3, -0.25) is 9.69 Å². The van der Waals surface area contributed by atoms with E-state index in [1.165, 1.54) is 6.39 Å². The number of oxazole rings is 1. The topological polar surface area (TPSA) is 93.9 Å². The Bertz CT molecular complexity index is 918. The number of nitrogens with zero attached hydrogens (tertiary/aromatic N) is 2. The number of hydrogen-bond donors (Lipinski definition) is 1. The van der Waals surface area contributed by atoms with Crippen molar-refractivity contribution in [2.45, 2.75) is 52.7 Å². The average Bonchev–Trinajstić information content (AvgIpc) is 3.36. The highest BCUT2D eigenvalue weighted by Crippen LogP contribution is 2.35. The molecule has 0 radical (unpaired) electrons. The third kappa shape index (κ3) is 5.18. The molecule has 8 heteroatoms. The normalized spacial score (nSPS) is 18.9. The number of likely N-dealkylation sites (tertiary alicyclic amines) is 1. The number of aromatic nitrogens is 1. The smallest absolute Gasteiger partial charge is 0.410 e. The van der Waals surface area contributed by atoms with Gasteiger partial charge >= 0.3 is 6.09 Å². The molecule has 1 saturated heterocycles. The summed E-state index contributed by atoms with van der Waals surface area (Å²) in [5.41, 5.74) is 0.677. The summed E-state index contributed by atoms with van der Waals surface area (Å²) >= 11 is 0. The summed E-state index contributed by atoms with van der Waals surface area (Å²) < 4.78 is 16.4. The zero-order valence-electron chi connectivity index (χ0n) is 19.0. The lowest BCUT2D eigenvalue weighted by Gasteiger charge is -2.31. The Balaban J connectivity index is 1.82. The fourth-order valence-corrected chi connectivity index (χ4v) is 3.91. The fourth-order valence-electron chi connectivity index (χ4n) is 3.91. The Kier molecular flexibility index (Phi) is 6.57.